The van der Waals surface area contributed by atoms with Gasteiger partial charge in [-0.25, -0.2) is 0 Å². The van der Waals surface area contributed by atoms with Crippen molar-refractivity contribution in [3.63, 3.8) is 0 Å². The summed E-state index contributed by atoms with van der Waals surface area (Å²) in [4.78, 5) is 0. The lowest BCUT2D eigenvalue weighted by Gasteiger charge is -2.45. The molecule has 11 heteroatoms. The zero-order chi connectivity index (χ0) is 25.8. The maximum absolute atomic E-state index is 10.6. The van der Waals surface area contributed by atoms with Crippen LogP contribution >= 0.6 is 0 Å². The van der Waals surface area contributed by atoms with Crippen molar-refractivity contribution in [3.8, 4) is 0 Å². The van der Waals surface area contributed by atoms with Crippen molar-refractivity contribution in [2.45, 2.75) is 133 Å². The van der Waals surface area contributed by atoms with Gasteiger partial charge in [0.1, 0.15) is 48.8 Å². The average molecular weight is 511 g/mol. The third-order valence-corrected chi connectivity index (χ3v) is 6.74. The van der Waals surface area contributed by atoms with Gasteiger partial charge < -0.3 is 54.7 Å². The Bertz CT molecular complexity index is 550. The summed E-state index contributed by atoms with van der Waals surface area (Å²) in [5, 5.41) is 70.1. The second-order valence-electron chi connectivity index (χ2n) is 9.56. The maximum Gasteiger partial charge on any atom is 0.187 e. The van der Waals surface area contributed by atoms with Gasteiger partial charge in [-0.15, -0.1) is 0 Å². The lowest BCUT2D eigenvalue weighted by molar-refractivity contribution is -0.359. The fourth-order valence-corrected chi connectivity index (χ4v) is 4.48. The first-order chi connectivity index (χ1) is 16.8. The van der Waals surface area contributed by atoms with E-state index in [4.69, 9.17) is 18.9 Å². The van der Waals surface area contributed by atoms with E-state index in [1.807, 2.05) is 0 Å². The first-order valence-corrected chi connectivity index (χ1v) is 13.1. The highest BCUT2D eigenvalue weighted by molar-refractivity contribution is 4.94. The molecule has 0 radical (unpaired) electrons. The Kier molecular flexibility index (Phi) is 14.4. The number of ether oxygens (including phenoxy) is 4. The van der Waals surface area contributed by atoms with E-state index in [2.05, 4.69) is 6.92 Å². The highest BCUT2D eigenvalue weighted by Crippen LogP contribution is 2.29. The molecule has 2 aliphatic heterocycles. The zero-order valence-electron chi connectivity index (χ0n) is 20.7. The Morgan fingerprint density at radius 2 is 1.09 bits per heavy atom. The molecule has 11 nitrogen and oxygen atoms in total. The first kappa shape index (κ1) is 30.8. The lowest BCUT2D eigenvalue weighted by atomic mass is 9.97. The van der Waals surface area contributed by atoms with Gasteiger partial charge in [-0.2, -0.15) is 0 Å². The largest absolute Gasteiger partial charge is 0.394 e. The molecular formula is C24H46O11. The van der Waals surface area contributed by atoms with Crippen molar-refractivity contribution < 1.29 is 54.7 Å². The van der Waals surface area contributed by atoms with Crippen LogP contribution < -0.4 is 0 Å². The number of unbranched alkanes of at least 4 members (excludes halogenated alkanes) is 9. The van der Waals surface area contributed by atoms with Gasteiger partial charge in [-0.1, -0.05) is 64.7 Å². The topological polar surface area (TPSA) is 179 Å². The van der Waals surface area contributed by atoms with Crippen LogP contribution in [-0.4, -0.2) is 117 Å². The van der Waals surface area contributed by atoms with Crippen LogP contribution in [0.3, 0.4) is 0 Å². The van der Waals surface area contributed by atoms with E-state index >= 15 is 0 Å². The fraction of sp³-hybridized carbons (Fsp3) is 1.00. The molecule has 2 heterocycles. The smallest absolute Gasteiger partial charge is 0.187 e. The standard InChI is InChI=1S/C24H46O11/c1-2-3-4-5-6-7-8-9-10-11-12-32-23-21(31)19(29)22(16(14-26)34-23)35-24-20(30)18(28)17(27)15(13-25)33-24/h15-31H,2-14H2,1H3/t15?,16?,17-,18?,19?,20?,21?,22-,23-,24-/m1/s1. The normalized spacial score (nSPS) is 38.1. The Morgan fingerprint density at radius 1 is 0.571 bits per heavy atom. The molecule has 0 aliphatic carbocycles. The molecule has 2 aliphatic rings. The number of rotatable bonds is 16. The molecule has 7 N–H and O–H groups in total. The zero-order valence-corrected chi connectivity index (χ0v) is 20.7. The summed E-state index contributed by atoms with van der Waals surface area (Å²) in [6.07, 6.45) is -2.63. The second-order valence-corrected chi connectivity index (χ2v) is 9.56. The van der Waals surface area contributed by atoms with Crippen LogP contribution in [0.1, 0.15) is 71.1 Å². The molecule has 2 fully saturated rings. The predicted molar refractivity (Wildman–Crippen MR) is 124 cm³/mol. The monoisotopic (exact) mass is 510 g/mol. The summed E-state index contributed by atoms with van der Waals surface area (Å²) in [5.41, 5.74) is 0. The molecule has 2 rings (SSSR count). The minimum atomic E-state index is -1.69. The molecule has 0 saturated carbocycles. The Morgan fingerprint density at radius 3 is 1.66 bits per heavy atom. The van der Waals surface area contributed by atoms with Crippen molar-refractivity contribution in [1.29, 1.82) is 0 Å². The molecule has 0 aromatic heterocycles. The molecule has 10 atom stereocenters. The summed E-state index contributed by atoms with van der Waals surface area (Å²) in [6, 6.07) is 0. The van der Waals surface area contributed by atoms with Gasteiger partial charge in [0.2, 0.25) is 0 Å². The average Bonchev–Trinajstić information content (AvgIpc) is 2.86. The van der Waals surface area contributed by atoms with Gasteiger partial charge in [0.25, 0.3) is 0 Å². The molecular weight excluding hydrogens is 464 g/mol. The van der Waals surface area contributed by atoms with Gasteiger partial charge >= 0.3 is 0 Å². The van der Waals surface area contributed by atoms with E-state index in [-0.39, 0.29) is 0 Å². The van der Waals surface area contributed by atoms with E-state index in [0.717, 1.165) is 19.3 Å². The van der Waals surface area contributed by atoms with Crippen LogP contribution in [0.4, 0.5) is 0 Å². The quantitative estimate of drug-likeness (QED) is 0.134. The van der Waals surface area contributed by atoms with Crippen molar-refractivity contribution >= 4 is 0 Å². The van der Waals surface area contributed by atoms with Crippen LogP contribution in [-0.2, 0) is 18.9 Å². The molecule has 0 aromatic carbocycles. The minimum Gasteiger partial charge on any atom is -0.394 e. The first-order valence-electron chi connectivity index (χ1n) is 13.1. The number of hydrogen-bond donors (Lipinski definition) is 7. The molecule has 0 aromatic rings. The summed E-state index contributed by atoms with van der Waals surface area (Å²) in [6.45, 7) is 1.31. The maximum atomic E-state index is 10.6. The Labute approximate surface area is 207 Å². The lowest BCUT2D eigenvalue weighted by Crippen LogP contribution is -2.64. The molecule has 35 heavy (non-hydrogen) atoms. The molecule has 208 valence electrons. The van der Waals surface area contributed by atoms with Crippen LogP contribution in [0.25, 0.3) is 0 Å². The van der Waals surface area contributed by atoms with E-state index in [9.17, 15) is 35.7 Å². The van der Waals surface area contributed by atoms with Crippen LogP contribution in [0, 0.1) is 0 Å². The highest BCUT2D eigenvalue weighted by Gasteiger charge is 2.50. The van der Waals surface area contributed by atoms with Crippen LogP contribution in [0.2, 0.25) is 0 Å². The van der Waals surface area contributed by atoms with E-state index < -0.39 is 74.6 Å². The second kappa shape index (κ2) is 16.4. The van der Waals surface area contributed by atoms with Crippen molar-refractivity contribution in [2.24, 2.45) is 0 Å². The molecule has 0 bridgehead atoms. The summed E-state index contributed by atoms with van der Waals surface area (Å²) < 4.78 is 22.0. The fourth-order valence-electron chi connectivity index (χ4n) is 4.48. The summed E-state index contributed by atoms with van der Waals surface area (Å²) in [7, 11) is 0. The third-order valence-electron chi connectivity index (χ3n) is 6.74. The van der Waals surface area contributed by atoms with Crippen molar-refractivity contribution in [1.82, 2.24) is 0 Å². The van der Waals surface area contributed by atoms with Gasteiger partial charge in [0.05, 0.1) is 13.2 Å². The molecule has 2 saturated heterocycles. The Hall–Kier alpha value is -0.440. The van der Waals surface area contributed by atoms with E-state index in [1.54, 1.807) is 0 Å². The van der Waals surface area contributed by atoms with Crippen LogP contribution in [0.15, 0.2) is 0 Å². The van der Waals surface area contributed by atoms with Crippen molar-refractivity contribution in [2.75, 3.05) is 19.8 Å². The molecule has 6 unspecified atom stereocenters. The highest BCUT2D eigenvalue weighted by atomic mass is 16.7. The van der Waals surface area contributed by atoms with Crippen molar-refractivity contribution in [3.05, 3.63) is 0 Å². The van der Waals surface area contributed by atoms with E-state index in [0.29, 0.717) is 6.61 Å². The number of hydrogen-bond acceptors (Lipinski definition) is 11. The minimum absolute atomic E-state index is 0.321. The number of aliphatic hydroxyl groups is 7. The predicted octanol–water partition coefficient (Wildman–Crippen LogP) is -0.452. The van der Waals surface area contributed by atoms with Gasteiger partial charge in [0.15, 0.2) is 12.6 Å². The van der Waals surface area contributed by atoms with Gasteiger partial charge in [-0.05, 0) is 6.42 Å². The number of aliphatic hydroxyl groups excluding tert-OH is 7. The SMILES string of the molecule is CCCCCCCCCCCCO[C@@H]1OC(CO)[C@@H](O[C@H]2OC(CO)[C@@H](O)C(O)C2O)C(O)C1O. The summed E-state index contributed by atoms with van der Waals surface area (Å²) >= 11 is 0. The Balaban J connectivity index is 1.74. The van der Waals surface area contributed by atoms with Crippen LogP contribution in [0.5, 0.6) is 0 Å². The van der Waals surface area contributed by atoms with E-state index in [1.165, 1.54) is 44.9 Å². The van der Waals surface area contributed by atoms with Gasteiger partial charge in [0, 0.05) is 6.61 Å². The molecule has 0 amide bonds. The third kappa shape index (κ3) is 9.11. The molecule has 0 spiro atoms. The summed E-state index contributed by atoms with van der Waals surface area (Å²) in [5.74, 6) is 0. The van der Waals surface area contributed by atoms with Gasteiger partial charge in [-0.3, -0.25) is 0 Å².